The number of hydrogen-bond donors (Lipinski definition) is 1. The number of hydrogen-bond acceptors (Lipinski definition) is 3. The number of carboxylic acid groups (broad SMARTS) is 1. The fourth-order valence-electron chi connectivity index (χ4n) is 3.00. The van der Waals surface area contributed by atoms with Crippen molar-refractivity contribution in [3.05, 3.63) is 29.3 Å². The van der Waals surface area contributed by atoms with Crippen molar-refractivity contribution >= 4 is 16.0 Å². The van der Waals surface area contributed by atoms with Gasteiger partial charge in [-0.2, -0.15) is 4.31 Å². The Morgan fingerprint density at radius 1 is 1.33 bits per heavy atom. The molecule has 0 bridgehead atoms. The molecule has 2 atom stereocenters. The van der Waals surface area contributed by atoms with Crippen LogP contribution in [0.5, 0.6) is 0 Å². The van der Waals surface area contributed by atoms with Crippen LogP contribution >= 0.6 is 0 Å². The van der Waals surface area contributed by atoms with Crippen LogP contribution in [0.1, 0.15) is 30.9 Å². The zero-order valence-corrected chi connectivity index (χ0v) is 13.4. The van der Waals surface area contributed by atoms with Crippen molar-refractivity contribution in [2.45, 2.75) is 44.6 Å². The van der Waals surface area contributed by atoms with Crippen LogP contribution in [-0.2, 0) is 14.8 Å². The van der Waals surface area contributed by atoms with Crippen LogP contribution in [0, 0.1) is 19.8 Å². The van der Waals surface area contributed by atoms with Crippen LogP contribution in [0.3, 0.4) is 0 Å². The van der Waals surface area contributed by atoms with Gasteiger partial charge >= 0.3 is 5.97 Å². The molecule has 1 aliphatic rings. The summed E-state index contributed by atoms with van der Waals surface area (Å²) < 4.78 is 26.8. The first-order valence-electron chi connectivity index (χ1n) is 7.07. The predicted molar refractivity (Wildman–Crippen MR) is 79.6 cm³/mol. The highest BCUT2D eigenvalue weighted by atomic mass is 32.2. The number of carbonyl (C=O) groups is 1. The molecule has 1 aliphatic heterocycles. The van der Waals surface area contributed by atoms with E-state index in [2.05, 4.69) is 0 Å². The molecule has 0 amide bonds. The minimum atomic E-state index is -3.78. The van der Waals surface area contributed by atoms with Gasteiger partial charge in [-0.05, 0) is 44.2 Å². The largest absolute Gasteiger partial charge is 0.480 e. The average Bonchev–Trinajstić information content (AvgIpc) is 2.37. The Hall–Kier alpha value is -1.40. The summed E-state index contributed by atoms with van der Waals surface area (Å²) in [4.78, 5) is 11.7. The van der Waals surface area contributed by atoms with E-state index in [-0.39, 0.29) is 17.4 Å². The van der Waals surface area contributed by atoms with E-state index in [0.717, 1.165) is 16.3 Å². The summed E-state index contributed by atoms with van der Waals surface area (Å²) in [6.45, 7) is 5.69. The molecule has 0 aromatic heterocycles. The Balaban J connectivity index is 2.48. The Morgan fingerprint density at radius 2 is 2.00 bits per heavy atom. The number of rotatable bonds is 3. The lowest BCUT2D eigenvalue weighted by Gasteiger charge is -2.36. The van der Waals surface area contributed by atoms with Gasteiger partial charge in [0, 0.05) is 6.54 Å². The van der Waals surface area contributed by atoms with Gasteiger partial charge in [0.1, 0.15) is 6.04 Å². The van der Waals surface area contributed by atoms with Crippen molar-refractivity contribution in [1.82, 2.24) is 4.31 Å². The molecule has 1 aromatic rings. The molecule has 21 heavy (non-hydrogen) atoms. The maximum Gasteiger partial charge on any atom is 0.322 e. The molecular weight excluding hydrogens is 290 g/mol. The minimum absolute atomic E-state index is 0.184. The van der Waals surface area contributed by atoms with Crippen LogP contribution in [0.4, 0.5) is 0 Å². The summed E-state index contributed by atoms with van der Waals surface area (Å²) in [7, 11) is -3.78. The van der Waals surface area contributed by atoms with Crippen molar-refractivity contribution in [2.24, 2.45) is 5.92 Å². The molecule has 1 saturated heterocycles. The lowest BCUT2D eigenvalue weighted by Crippen LogP contribution is -2.51. The van der Waals surface area contributed by atoms with Gasteiger partial charge < -0.3 is 5.11 Å². The number of sulfonamides is 1. The van der Waals surface area contributed by atoms with Crippen molar-refractivity contribution in [1.29, 1.82) is 0 Å². The first-order chi connectivity index (χ1) is 9.75. The molecule has 1 N–H and O–H groups in total. The third-order valence-electron chi connectivity index (χ3n) is 4.06. The highest BCUT2D eigenvalue weighted by Gasteiger charge is 2.41. The Kier molecular flexibility index (Phi) is 4.39. The van der Waals surface area contributed by atoms with Crippen LogP contribution in [0.15, 0.2) is 23.1 Å². The predicted octanol–water partition coefficient (Wildman–Crippen LogP) is 2.18. The topological polar surface area (TPSA) is 74.7 Å². The summed E-state index contributed by atoms with van der Waals surface area (Å²) in [6.07, 6.45) is 1.42. The van der Waals surface area contributed by atoms with Crippen molar-refractivity contribution in [3.63, 3.8) is 0 Å². The van der Waals surface area contributed by atoms with Gasteiger partial charge in [-0.1, -0.05) is 24.6 Å². The molecule has 2 rings (SSSR count). The number of aryl methyl sites for hydroxylation is 2. The second-order valence-electron chi connectivity index (χ2n) is 5.79. The molecule has 1 heterocycles. The van der Waals surface area contributed by atoms with E-state index in [1.807, 2.05) is 6.92 Å². The molecular formula is C15H21NO4S. The highest BCUT2D eigenvalue weighted by molar-refractivity contribution is 7.89. The number of nitrogens with zero attached hydrogens (tertiary/aromatic N) is 1. The molecule has 0 spiro atoms. The Bertz CT molecular complexity index is 654. The SMILES string of the molecule is Cc1ccc(S(=O)(=O)N2CCCC(C)C2C(=O)O)c(C)c1. The highest BCUT2D eigenvalue weighted by Crippen LogP contribution is 2.30. The van der Waals surface area contributed by atoms with Gasteiger partial charge in [0.05, 0.1) is 4.90 Å². The molecule has 0 saturated carbocycles. The molecule has 1 aromatic carbocycles. The molecule has 0 radical (unpaired) electrons. The zero-order chi connectivity index (χ0) is 15.8. The summed E-state index contributed by atoms with van der Waals surface area (Å²) in [5.41, 5.74) is 1.63. The van der Waals surface area contributed by atoms with Crippen molar-refractivity contribution in [2.75, 3.05) is 6.54 Å². The van der Waals surface area contributed by atoms with Crippen LogP contribution in [-0.4, -0.2) is 36.4 Å². The minimum Gasteiger partial charge on any atom is -0.480 e. The van der Waals surface area contributed by atoms with E-state index in [1.165, 1.54) is 0 Å². The van der Waals surface area contributed by atoms with E-state index in [9.17, 15) is 18.3 Å². The average molecular weight is 311 g/mol. The van der Waals surface area contributed by atoms with Crippen LogP contribution in [0.25, 0.3) is 0 Å². The molecule has 2 unspecified atom stereocenters. The molecule has 116 valence electrons. The Labute approximate surface area is 125 Å². The maximum atomic E-state index is 12.8. The van der Waals surface area contributed by atoms with Crippen LogP contribution < -0.4 is 0 Å². The maximum absolute atomic E-state index is 12.8. The van der Waals surface area contributed by atoms with Crippen molar-refractivity contribution < 1.29 is 18.3 Å². The quantitative estimate of drug-likeness (QED) is 0.928. The summed E-state index contributed by atoms with van der Waals surface area (Å²) in [5.74, 6) is -1.26. The fraction of sp³-hybridized carbons (Fsp3) is 0.533. The second kappa shape index (κ2) is 5.77. The Morgan fingerprint density at radius 3 is 2.57 bits per heavy atom. The molecule has 5 nitrogen and oxygen atoms in total. The molecule has 0 aliphatic carbocycles. The van der Waals surface area contributed by atoms with Gasteiger partial charge in [0.25, 0.3) is 0 Å². The lowest BCUT2D eigenvalue weighted by atomic mass is 9.93. The van der Waals surface area contributed by atoms with Gasteiger partial charge in [0.2, 0.25) is 10.0 Å². The molecule has 6 heteroatoms. The fourth-order valence-corrected chi connectivity index (χ4v) is 4.93. The number of carboxylic acids is 1. The zero-order valence-electron chi connectivity index (χ0n) is 12.5. The standard InChI is InChI=1S/C15H21NO4S/c1-10-6-7-13(12(3)9-10)21(19,20)16-8-4-5-11(2)14(16)15(17)18/h6-7,9,11,14H,4-5,8H2,1-3H3,(H,17,18). The van der Waals surface area contributed by atoms with Gasteiger partial charge in [-0.15, -0.1) is 0 Å². The van der Waals surface area contributed by atoms with Gasteiger partial charge in [-0.25, -0.2) is 8.42 Å². The van der Waals surface area contributed by atoms with Crippen molar-refractivity contribution in [3.8, 4) is 0 Å². The van der Waals surface area contributed by atoms with E-state index in [1.54, 1.807) is 32.0 Å². The van der Waals surface area contributed by atoms with E-state index >= 15 is 0 Å². The van der Waals surface area contributed by atoms with E-state index < -0.39 is 22.0 Å². The lowest BCUT2D eigenvalue weighted by molar-refractivity contribution is -0.144. The van der Waals surface area contributed by atoms with E-state index in [4.69, 9.17) is 0 Å². The molecule has 1 fully saturated rings. The van der Waals surface area contributed by atoms with Gasteiger partial charge in [0.15, 0.2) is 0 Å². The number of piperidine rings is 1. The second-order valence-corrected chi connectivity index (χ2v) is 7.65. The normalized spacial score (nSPS) is 24.0. The summed E-state index contributed by atoms with van der Waals surface area (Å²) >= 11 is 0. The number of aliphatic carboxylic acids is 1. The number of benzene rings is 1. The monoisotopic (exact) mass is 311 g/mol. The third kappa shape index (κ3) is 2.96. The smallest absolute Gasteiger partial charge is 0.322 e. The summed E-state index contributed by atoms with van der Waals surface area (Å²) in [6, 6.07) is 4.13. The summed E-state index contributed by atoms with van der Waals surface area (Å²) in [5, 5.41) is 9.40. The first kappa shape index (κ1) is 16.0. The first-order valence-corrected chi connectivity index (χ1v) is 8.51. The third-order valence-corrected chi connectivity index (χ3v) is 6.10. The van der Waals surface area contributed by atoms with Gasteiger partial charge in [-0.3, -0.25) is 4.79 Å². The van der Waals surface area contributed by atoms with E-state index in [0.29, 0.717) is 12.0 Å². The van der Waals surface area contributed by atoms with Crippen LogP contribution in [0.2, 0.25) is 0 Å².